The van der Waals surface area contributed by atoms with Crippen molar-refractivity contribution >= 4 is 0 Å². The first kappa shape index (κ1) is 10.4. The lowest BCUT2D eigenvalue weighted by atomic mass is 10.0. The van der Waals surface area contributed by atoms with Crippen LogP contribution in [-0.2, 0) is 9.47 Å². The van der Waals surface area contributed by atoms with Crippen molar-refractivity contribution in [2.45, 2.75) is 25.8 Å². The van der Waals surface area contributed by atoms with Gasteiger partial charge in [-0.05, 0) is 13.3 Å². The molecule has 0 aromatic rings. The van der Waals surface area contributed by atoms with E-state index in [2.05, 4.69) is 4.74 Å². The lowest BCUT2D eigenvalue weighted by molar-refractivity contribution is -0.426. The highest BCUT2D eigenvalue weighted by molar-refractivity contribution is 4.81. The van der Waals surface area contributed by atoms with Crippen LogP contribution in [0.1, 0.15) is 13.3 Å². The lowest BCUT2D eigenvalue weighted by Crippen LogP contribution is -2.52. The predicted octanol–water partition coefficient (Wildman–Crippen LogP) is 2.46. The molecule has 0 amide bonds. The number of rotatable bonds is 4. The summed E-state index contributed by atoms with van der Waals surface area (Å²) in [5.41, 5.74) is 0. The molecule has 0 N–H and O–H groups in total. The van der Waals surface area contributed by atoms with Gasteiger partial charge in [-0.25, -0.2) is 4.39 Å². The van der Waals surface area contributed by atoms with Gasteiger partial charge in [-0.15, -0.1) is 0 Å². The molecular formula is C8H11F3O2. The summed E-state index contributed by atoms with van der Waals surface area (Å²) in [6, 6.07) is 0. The minimum atomic E-state index is -3.32. The Labute approximate surface area is 74.3 Å². The van der Waals surface area contributed by atoms with Gasteiger partial charge in [-0.2, -0.15) is 8.78 Å². The van der Waals surface area contributed by atoms with Crippen LogP contribution < -0.4 is 0 Å². The highest BCUT2D eigenvalue weighted by Crippen LogP contribution is 2.44. The first-order chi connectivity index (χ1) is 6.08. The van der Waals surface area contributed by atoms with Crippen molar-refractivity contribution in [3.8, 4) is 0 Å². The van der Waals surface area contributed by atoms with E-state index in [1.165, 1.54) is 6.26 Å². The number of alkyl halides is 3. The number of allylic oxidation sites excluding steroid dienone is 1. The zero-order valence-electron chi connectivity index (χ0n) is 7.17. The van der Waals surface area contributed by atoms with Gasteiger partial charge in [0.1, 0.15) is 5.92 Å². The molecular weight excluding hydrogens is 185 g/mol. The number of hydrogen-bond donors (Lipinski definition) is 0. The Morgan fingerprint density at radius 2 is 2.23 bits per heavy atom. The molecule has 2 atom stereocenters. The summed E-state index contributed by atoms with van der Waals surface area (Å²) < 4.78 is 45.7. The Morgan fingerprint density at radius 3 is 2.69 bits per heavy atom. The predicted molar refractivity (Wildman–Crippen MR) is 39.8 cm³/mol. The fourth-order valence-corrected chi connectivity index (χ4v) is 1.06. The van der Waals surface area contributed by atoms with Gasteiger partial charge in [0.15, 0.2) is 0 Å². The molecule has 5 heteroatoms. The van der Waals surface area contributed by atoms with E-state index in [0.717, 1.165) is 0 Å². The highest BCUT2D eigenvalue weighted by Gasteiger charge is 2.58. The molecule has 0 aromatic heterocycles. The second-order valence-corrected chi connectivity index (χ2v) is 2.77. The second-order valence-electron chi connectivity index (χ2n) is 2.77. The first-order valence-corrected chi connectivity index (χ1v) is 4.00. The van der Waals surface area contributed by atoms with Crippen molar-refractivity contribution in [2.24, 2.45) is 5.92 Å². The third-order valence-corrected chi connectivity index (χ3v) is 1.80. The van der Waals surface area contributed by atoms with Crippen molar-refractivity contribution in [3.05, 3.63) is 12.3 Å². The number of ether oxygens (including phenoxy) is 2. The summed E-state index contributed by atoms with van der Waals surface area (Å²) in [4.78, 5) is 0. The van der Waals surface area contributed by atoms with Gasteiger partial charge in [-0.1, -0.05) is 6.08 Å². The largest absolute Gasteiger partial charge is 0.502 e. The Morgan fingerprint density at radius 1 is 1.54 bits per heavy atom. The molecule has 0 saturated carbocycles. The summed E-state index contributed by atoms with van der Waals surface area (Å²) in [6.07, 6.45) is -2.21. The van der Waals surface area contributed by atoms with Crippen LogP contribution in [0.4, 0.5) is 13.2 Å². The van der Waals surface area contributed by atoms with Crippen LogP contribution in [0, 0.1) is 5.92 Å². The van der Waals surface area contributed by atoms with Crippen LogP contribution >= 0.6 is 0 Å². The minimum absolute atomic E-state index is 0.0431. The molecule has 0 aliphatic carbocycles. The smallest absolute Gasteiger partial charge is 0.366 e. The van der Waals surface area contributed by atoms with E-state index in [0.29, 0.717) is 0 Å². The van der Waals surface area contributed by atoms with Crippen LogP contribution in [0.25, 0.3) is 0 Å². The van der Waals surface area contributed by atoms with Crippen molar-refractivity contribution in [3.63, 3.8) is 0 Å². The summed E-state index contributed by atoms with van der Waals surface area (Å²) in [5, 5.41) is 0. The van der Waals surface area contributed by atoms with Gasteiger partial charge in [0.25, 0.3) is 0 Å². The lowest BCUT2D eigenvalue weighted by Gasteiger charge is -2.38. The van der Waals surface area contributed by atoms with E-state index >= 15 is 0 Å². The van der Waals surface area contributed by atoms with Crippen LogP contribution in [-0.4, -0.2) is 19.1 Å². The summed E-state index contributed by atoms with van der Waals surface area (Å²) in [7, 11) is 0. The van der Waals surface area contributed by atoms with Crippen LogP contribution in [0.3, 0.4) is 0 Å². The molecule has 1 fully saturated rings. The zero-order valence-corrected chi connectivity index (χ0v) is 7.17. The third kappa shape index (κ3) is 2.37. The molecule has 2 unspecified atom stereocenters. The van der Waals surface area contributed by atoms with E-state index in [1.807, 2.05) is 0 Å². The maximum Gasteiger partial charge on any atom is 0.366 e. The van der Waals surface area contributed by atoms with E-state index in [1.54, 1.807) is 13.0 Å². The topological polar surface area (TPSA) is 18.5 Å². The van der Waals surface area contributed by atoms with Gasteiger partial charge in [0.05, 0.1) is 12.9 Å². The van der Waals surface area contributed by atoms with E-state index in [-0.39, 0.29) is 13.0 Å². The maximum atomic E-state index is 12.4. The fraction of sp³-hybridized carbons (Fsp3) is 0.750. The van der Waals surface area contributed by atoms with Gasteiger partial charge in [0.2, 0.25) is 6.36 Å². The molecule has 0 radical (unpaired) electrons. The molecule has 1 heterocycles. The third-order valence-electron chi connectivity index (χ3n) is 1.80. The normalized spacial score (nSPS) is 31.7. The first-order valence-electron chi connectivity index (χ1n) is 4.00. The zero-order chi connectivity index (χ0) is 9.90. The maximum absolute atomic E-state index is 12.4. The molecule has 1 rings (SSSR count). The van der Waals surface area contributed by atoms with E-state index in [9.17, 15) is 13.2 Å². The highest BCUT2D eigenvalue weighted by atomic mass is 19.3. The van der Waals surface area contributed by atoms with E-state index < -0.39 is 18.4 Å². The molecule has 1 aliphatic rings. The fourth-order valence-electron chi connectivity index (χ4n) is 1.06. The minimum Gasteiger partial charge on any atom is -0.502 e. The van der Waals surface area contributed by atoms with Gasteiger partial charge in [0, 0.05) is 0 Å². The Bertz CT molecular complexity index is 194. The van der Waals surface area contributed by atoms with Gasteiger partial charge >= 0.3 is 6.11 Å². The number of hydrogen-bond acceptors (Lipinski definition) is 2. The average Bonchev–Trinajstić information content (AvgIpc) is 2.03. The van der Waals surface area contributed by atoms with Crippen LogP contribution in [0.2, 0.25) is 0 Å². The monoisotopic (exact) mass is 196 g/mol. The standard InChI is InChI=1S/C8H11F3O2/c1-2-4-12-5-3-6-7(9)13-8(6,10)11/h2,4,6-7H,3,5H2,1H3. The second kappa shape index (κ2) is 4.00. The van der Waals surface area contributed by atoms with Crippen molar-refractivity contribution < 1.29 is 22.6 Å². The Hall–Kier alpha value is -0.710. The molecule has 1 aliphatic heterocycles. The van der Waals surface area contributed by atoms with Gasteiger partial charge in [-0.3, -0.25) is 4.74 Å². The SMILES string of the molecule is CC=COCCC1C(F)OC1(F)F. The van der Waals surface area contributed by atoms with Crippen molar-refractivity contribution in [1.29, 1.82) is 0 Å². The van der Waals surface area contributed by atoms with Gasteiger partial charge < -0.3 is 4.74 Å². The van der Waals surface area contributed by atoms with E-state index in [4.69, 9.17) is 4.74 Å². The molecule has 76 valence electrons. The molecule has 1 saturated heterocycles. The van der Waals surface area contributed by atoms with Crippen molar-refractivity contribution in [1.82, 2.24) is 0 Å². The van der Waals surface area contributed by atoms with Crippen LogP contribution in [0.5, 0.6) is 0 Å². The quantitative estimate of drug-likeness (QED) is 0.508. The molecule has 0 bridgehead atoms. The summed E-state index contributed by atoms with van der Waals surface area (Å²) in [6.45, 7) is 1.81. The average molecular weight is 196 g/mol. The molecule has 0 aromatic carbocycles. The molecule has 0 spiro atoms. The summed E-state index contributed by atoms with van der Waals surface area (Å²) >= 11 is 0. The Balaban J connectivity index is 2.21. The van der Waals surface area contributed by atoms with Crippen LogP contribution in [0.15, 0.2) is 12.3 Å². The summed E-state index contributed by atoms with van der Waals surface area (Å²) in [5.74, 6) is -1.36. The van der Waals surface area contributed by atoms with Crippen molar-refractivity contribution in [2.75, 3.05) is 6.61 Å². The number of halogens is 3. The molecule has 13 heavy (non-hydrogen) atoms. The molecule has 2 nitrogen and oxygen atoms in total. The Kier molecular flexibility index (Phi) is 3.19.